The van der Waals surface area contributed by atoms with E-state index in [1.165, 1.54) is 5.56 Å². The van der Waals surface area contributed by atoms with Gasteiger partial charge in [-0.05, 0) is 35.2 Å². The summed E-state index contributed by atoms with van der Waals surface area (Å²) in [5.41, 5.74) is 1.30. The number of ether oxygens (including phenoxy) is 3. The van der Waals surface area contributed by atoms with E-state index < -0.39 is 0 Å². The van der Waals surface area contributed by atoms with Crippen molar-refractivity contribution in [3.63, 3.8) is 0 Å². The largest absolute Gasteiger partial charge is 0.379 e. The Morgan fingerprint density at radius 1 is 1.12 bits per heavy atom. The Balaban J connectivity index is 1.34. The summed E-state index contributed by atoms with van der Waals surface area (Å²) in [6.45, 7) is 9.36. The molecule has 5 nitrogen and oxygen atoms in total. The molecule has 24 heavy (non-hydrogen) atoms. The first-order valence-electron chi connectivity index (χ1n) is 9.10. The van der Waals surface area contributed by atoms with Crippen LogP contribution < -0.4 is 0 Å². The minimum absolute atomic E-state index is 0.108. The van der Waals surface area contributed by atoms with E-state index in [1.807, 2.05) is 0 Å². The van der Waals surface area contributed by atoms with Crippen molar-refractivity contribution >= 4 is 11.3 Å². The van der Waals surface area contributed by atoms with E-state index in [-0.39, 0.29) is 5.60 Å². The number of hydrogen-bond donors (Lipinski definition) is 0. The van der Waals surface area contributed by atoms with Crippen LogP contribution in [0.25, 0.3) is 0 Å². The average Bonchev–Trinajstić information content (AvgIpc) is 3.18. The van der Waals surface area contributed by atoms with Crippen LogP contribution in [-0.2, 0) is 20.8 Å². The van der Waals surface area contributed by atoms with Gasteiger partial charge < -0.3 is 14.2 Å². The van der Waals surface area contributed by atoms with Crippen molar-refractivity contribution in [3.05, 3.63) is 22.4 Å². The Morgan fingerprint density at radius 3 is 2.79 bits per heavy atom. The number of thiophene rings is 1. The zero-order chi connectivity index (χ0) is 16.2. The topological polar surface area (TPSA) is 34.2 Å². The van der Waals surface area contributed by atoms with Gasteiger partial charge in [-0.1, -0.05) is 0 Å². The maximum Gasteiger partial charge on any atom is 0.105 e. The Labute approximate surface area is 148 Å². The van der Waals surface area contributed by atoms with E-state index in [2.05, 4.69) is 26.6 Å². The molecule has 3 aliphatic heterocycles. The third kappa shape index (κ3) is 4.18. The molecule has 1 spiro atoms. The highest BCUT2D eigenvalue weighted by atomic mass is 32.1. The monoisotopic (exact) mass is 352 g/mol. The lowest BCUT2D eigenvalue weighted by Gasteiger charge is -2.33. The van der Waals surface area contributed by atoms with Crippen molar-refractivity contribution in [1.82, 2.24) is 9.80 Å². The van der Waals surface area contributed by atoms with Gasteiger partial charge in [-0.25, -0.2) is 0 Å². The van der Waals surface area contributed by atoms with Gasteiger partial charge >= 0.3 is 0 Å². The van der Waals surface area contributed by atoms with Gasteiger partial charge in [0.1, 0.15) is 5.60 Å². The van der Waals surface area contributed by atoms with E-state index in [0.29, 0.717) is 6.10 Å². The molecule has 0 aliphatic carbocycles. The lowest BCUT2D eigenvalue weighted by atomic mass is 10.00. The van der Waals surface area contributed by atoms with Crippen LogP contribution in [0.2, 0.25) is 0 Å². The van der Waals surface area contributed by atoms with E-state index in [0.717, 1.165) is 78.5 Å². The lowest BCUT2D eigenvalue weighted by molar-refractivity contribution is -0.0967. The highest BCUT2D eigenvalue weighted by molar-refractivity contribution is 7.07. The molecule has 2 atom stereocenters. The maximum absolute atomic E-state index is 6.58. The van der Waals surface area contributed by atoms with Crippen LogP contribution in [0.15, 0.2) is 16.8 Å². The first kappa shape index (κ1) is 16.9. The third-order valence-electron chi connectivity index (χ3n) is 5.32. The fraction of sp³-hybridized carbons (Fsp3) is 0.778. The molecular formula is C18H28N2O3S. The number of morpholine rings is 1. The Hall–Kier alpha value is -0.500. The molecule has 0 aromatic carbocycles. The summed E-state index contributed by atoms with van der Waals surface area (Å²) in [6.07, 6.45) is 2.60. The Morgan fingerprint density at radius 2 is 1.96 bits per heavy atom. The molecule has 0 amide bonds. The fourth-order valence-electron chi connectivity index (χ4n) is 4.08. The number of rotatable bonds is 4. The predicted octanol–water partition coefficient (Wildman–Crippen LogP) is 1.83. The fourth-order valence-corrected chi connectivity index (χ4v) is 4.74. The molecule has 0 unspecified atom stereocenters. The van der Waals surface area contributed by atoms with Crippen molar-refractivity contribution in [3.8, 4) is 0 Å². The zero-order valence-electron chi connectivity index (χ0n) is 14.3. The molecule has 1 aromatic rings. The molecule has 134 valence electrons. The summed E-state index contributed by atoms with van der Waals surface area (Å²) in [5.74, 6) is 0. The van der Waals surface area contributed by atoms with Gasteiger partial charge in [0.15, 0.2) is 0 Å². The van der Waals surface area contributed by atoms with Crippen LogP contribution in [0.4, 0.5) is 0 Å². The van der Waals surface area contributed by atoms with Gasteiger partial charge in [0.25, 0.3) is 0 Å². The van der Waals surface area contributed by atoms with Crippen molar-refractivity contribution in [2.75, 3.05) is 59.2 Å². The van der Waals surface area contributed by atoms with Crippen LogP contribution in [0.3, 0.4) is 0 Å². The van der Waals surface area contributed by atoms with E-state index in [9.17, 15) is 0 Å². The van der Waals surface area contributed by atoms with Crippen molar-refractivity contribution < 1.29 is 14.2 Å². The molecule has 0 N–H and O–H groups in total. The van der Waals surface area contributed by atoms with Gasteiger partial charge in [0.2, 0.25) is 0 Å². The molecular weight excluding hydrogens is 324 g/mol. The van der Waals surface area contributed by atoms with Crippen molar-refractivity contribution in [1.29, 1.82) is 0 Å². The summed E-state index contributed by atoms with van der Waals surface area (Å²) < 4.78 is 17.9. The van der Waals surface area contributed by atoms with Crippen LogP contribution in [0.1, 0.15) is 18.4 Å². The second-order valence-corrected chi connectivity index (χ2v) is 8.05. The molecule has 0 radical (unpaired) electrons. The predicted molar refractivity (Wildman–Crippen MR) is 94.5 cm³/mol. The standard InChI is InChI=1S/C18H28N2O3S/c1-3-18(23-17(1)12-19-4-7-21-8-5-19)14-20(6-9-22-15-18)11-16-2-10-24-13-16/h2,10,13,17H,1,3-9,11-12,14-15H2/t17-,18+/m0/s1. The Bertz CT molecular complexity index is 506. The van der Waals surface area contributed by atoms with Gasteiger partial charge in [-0.2, -0.15) is 11.3 Å². The SMILES string of the molecule is c1cc(CN2CCOC[C@@]3(CC[C@@H](CN4CCOCC4)O3)C2)cs1. The van der Waals surface area contributed by atoms with Gasteiger partial charge in [0, 0.05) is 39.3 Å². The summed E-state index contributed by atoms with van der Waals surface area (Å²) in [7, 11) is 0. The highest BCUT2D eigenvalue weighted by Gasteiger charge is 2.43. The van der Waals surface area contributed by atoms with Crippen LogP contribution in [0.5, 0.6) is 0 Å². The zero-order valence-corrected chi connectivity index (χ0v) is 15.1. The van der Waals surface area contributed by atoms with Gasteiger partial charge in [-0.3, -0.25) is 9.80 Å². The molecule has 3 saturated heterocycles. The normalized spacial score (nSPS) is 33.1. The number of nitrogens with zero attached hydrogens (tertiary/aromatic N) is 2. The van der Waals surface area contributed by atoms with Gasteiger partial charge in [-0.15, -0.1) is 0 Å². The van der Waals surface area contributed by atoms with Crippen molar-refractivity contribution in [2.45, 2.75) is 31.1 Å². The summed E-state index contributed by atoms with van der Waals surface area (Å²) >= 11 is 1.77. The van der Waals surface area contributed by atoms with Gasteiger partial charge in [0.05, 0.1) is 32.5 Å². The number of hydrogen-bond acceptors (Lipinski definition) is 6. The van der Waals surface area contributed by atoms with Crippen molar-refractivity contribution in [2.24, 2.45) is 0 Å². The molecule has 1 aromatic heterocycles. The molecule has 4 rings (SSSR count). The molecule has 6 heteroatoms. The van der Waals surface area contributed by atoms with Crippen LogP contribution in [0, 0.1) is 0 Å². The Kier molecular flexibility index (Phi) is 5.51. The summed E-state index contributed by atoms with van der Waals surface area (Å²) in [4.78, 5) is 4.99. The summed E-state index contributed by atoms with van der Waals surface area (Å²) in [6, 6.07) is 2.22. The second kappa shape index (κ2) is 7.81. The molecule has 0 saturated carbocycles. The average molecular weight is 353 g/mol. The maximum atomic E-state index is 6.58. The smallest absolute Gasteiger partial charge is 0.105 e. The minimum Gasteiger partial charge on any atom is -0.379 e. The van der Waals surface area contributed by atoms with Crippen LogP contribution >= 0.6 is 11.3 Å². The quantitative estimate of drug-likeness (QED) is 0.826. The van der Waals surface area contributed by atoms with E-state index >= 15 is 0 Å². The summed E-state index contributed by atoms with van der Waals surface area (Å²) in [5, 5.41) is 4.40. The minimum atomic E-state index is -0.108. The van der Waals surface area contributed by atoms with E-state index in [1.54, 1.807) is 11.3 Å². The van der Waals surface area contributed by atoms with Crippen LogP contribution in [-0.4, -0.2) is 80.7 Å². The molecule has 0 bridgehead atoms. The lowest BCUT2D eigenvalue weighted by Crippen LogP contribution is -2.46. The molecule has 3 fully saturated rings. The molecule has 3 aliphatic rings. The first-order chi connectivity index (χ1) is 11.8. The highest BCUT2D eigenvalue weighted by Crippen LogP contribution is 2.34. The third-order valence-corrected chi connectivity index (χ3v) is 6.05. The van der Waals surface area contributed by atoms with E-state index in [4.69, 9.17) is 14.2 Å². The molecule has 4 heterocycles. The second-order valence-electron chi connectivity index (χ2n) is 7.27. The first-order valence-corrected chi connectivity index (χ1v) is 10.0.